The molecule has 6 nitrogen and oxygen atoms in total. The lowest BCUT2D eigenvalue weighted by atomic mass is 10.1. The van der Waals surface area contributed by atoms with Crippen molar-refractivity contribution >= 4 is 0 Å². The maximum Gasteiger partial charge on any atom is 0.205 e. The molecule has 1 N–H and O–H groups in total. The lowest BCUT2D eigenvalue weighted by Gasteiger charge is -2.32. The molecule has 0 atom stereocenters. The molecule has 0 amide bonds. The van der Waals surface area contributed by atoms with Gasteiger partial charge >= 0.3 is 0 Å². The number of nitrogens with one attached hydrogen (secondary N) is 1. The Hall–Kier alpha value is -2.83. The molecule has 146 valence electrons. The van der Waals surface area contributed by atoms with E-state index in [0.717, 1.165) is 39.6 Å². The van der Waals surface area contributed by atoms with Crippen molar-refractivity contribution in [2.24, 2.45) is 0 Å². The molecule has 4 rings (SSSR count). The van der Waals surface area contributed by atoms with Crippen molar-refractivity contribution in [3.05, 3.63) is 65.4 Å². The van der Waals surface area contributed by atoms with Crippen molar-refractivity contribution < 1.29 is 18.7 Å². The Morgan fingerprint density at radius 1 is 1.11 bits per heavy atom. The lowest BCUT2D eigenvalue weighted by molar-refractivity contribution is -0.180. The summed E-state index contributed by atoms with van der Waals surface area (Å²) in [6.45, 7) is 5.69. The summed E-state index contributed by atoms with van der Waals surface area (Å²) < 4.78 is 22.4. The summed E-state index contributed by atoms with van der Waals surface area (Å²) in [6, 6.07) is 15.9. The molecule has 0 saturated heterocycles. The Balaban J connectivity index is 1.37. The molecular weight excluding hydrogens is 356 g/mol. The molecule has 2 aromatic carbocycles. The second kappa shape index (κ2) is 7.66. The van der Waals surface area contributed by atoms with Crippen LogP contribution in [0.25, 0.3) is 11.3 Å². The fourth-order valence-corrected chi connectivity index (χ4v) is 3.21. The van der Waals surface area contributed by atoms with Crippen LogP contribution in [-0.4, -0.2) is 18.1 Å². The predicted molar refractivity (Wildman–Crippen MR) is 105 cm³/mol. The smallest absolute Gasteiger partial charge is 0.205 e. The van der Waals surface area contributed by atoms with Crippen LogP contribution in [0.2, 0.25) is 0 Å². The number of rotatable bonds is 6. The van der Waals surface area contributed by atoms with Crippen LogP contribution in [0.15, 0.2) is 53.1 Å². The normalized spacial score (nSPS) is 15.0. The van der Waals surface area contributed by atoms with Crippen molar-refractivity contribution in [1.29, 1.82) is 0 Å². The van der Waals surface area contributed by atoms with E-state index in [9.17, 15) is 0 Å². The van der Waals surface area contributed by atoms with E-state index in [4.69, 9.17) is 18.7 Å². The Bertz CT molecular complexity index is 965. The van der Waals surface area contributed by atoms with Gasteiger partial charge < -0.3 is 24.1 Å². The van der Waals surface area contributed by atoms with Gasteiger partial charge in [-0.15, -0.1) is 0 Å². The van der Waals surface area contributed by atoms with Crippen LogP contribution < -0.4 is 14.8 Å². The van der Waals surface area contributed by atoms with E-state index in [2.05, 4.69) is 22.6 Å². The van der Waals surface area contributed by atoms with Crippen molar-refractivity contribution in [2.45, 2.75) is 39.3 Å². The van der Waals surface area contributed by atoms with Gasteiger partial charge in [-0.25, -0.2) is 0 Å². The maximum absolute atomic E-state index is 5.84. The van der Waals surface area contributed by atoms with Crippen LogP contribution in [0.5, 0.6) is 11.5 Å². The summed E-state index contributed by atoms with van der Waals surface area (Å²) in [5.74, 6) is 1.86. The van der Waals surface area contributed by atoms with Crippen molar-refractivity contribution in [2.75, 3.05) is 7.11 Å². The molecule has 0 saturated carbocycles. The highest BCUT2D eigenvalue weighted by Crippen LogP contribution is 2.32. The monoisotopic (exact) mass is 380 g/mol. The molecule has 0 radical (unpaired) electrons. The summed E-state index contributed by atoms with van der Waals surface area (Å²) in [4.78, 5) is 0. The molecular formula is C22H24N2O4. The largest absolute Gasteiger partial charge is 0.496 e. The van der Waals surface area contributed by atoms with Gasteiger partial charge in [-0.2, -0.15) is 0 Å². The van der Waals surface area contributed by atoms with Crippen molar-refractivity contribution in [1.82, 2.24) is 10.5 Å². The second-order valence-electron chi connectivity index (χ2n) is 7.21. The molecule has 1 aliphatic rings. The van der Waals surface area contributed by atoms with Crippen LogP contribution in [0.4, 0.5) is 0 Å². The maximum atomic E-state index is 5.84. The molecule has 0 fully saturated rings. The zero-order valence-corrected chi connectivity index (χ0v) is 16.3. The van der Waals surface area contributed by atoms with Crippen LogP contribution in [0, 0.1) is 0 Å². The first-order valence-corrected chi connectivity index (χ1v) is 9.28. The molecule has 6 heteroatoms. The first-order valence-electron chi connectivity index (χ1n) is 9.28. The Labute approximate surface area is 164 Å². The third kappa shape index (κ3) is 4.03. The highest BCUT2D eigenvalue weighted by atomic mass is 16.7. The number of benzene rings is 2. The number of para-hydroxylation sites is 1. The van der Waals surface area contributed by atoms with E-state index in [1.165, 1.54) is 0 Å². The molecule has 1 aliphatic heterocycles. The Morgan fingerprint density at radius 2 is 1.96 bits per heavy atom. The molecule has 3 aromatic rings. The Kier molecular flexibility index (Phi) is 5.07. The van der Waals surface area contributed by atoms with Gasteiger partial charge in [-0.3, -0.25) is 0 Å². The first-order chi connectivity index (χ1) is 13.5. The summed E-state index contributed by atoms with van der Waals surface area (Å²) in [7, 11) is 1.65. The van der Waals surface area contributed by atoms with Crippen LogP contribution in [0.1, 0.15) is 30.7 Å². The van der Waals surface area contributed by atoms with Gasteiger partial charge in [0.15, 0.2) is 5.76 Å². The van der Waals surface area contributed by atoms with Gasteiger partial charge in [0.2, 0.25) is 5.79 Å². The minimum atomic E-state index is -0.571. The number of fused-ring (bicyclic) bond motifs is 1. The van der Waals surface area contributed by atoms with Gasteiger partial charge in [0.25, 0.3) is 0 Å². The number of hydrogen-bond acceptors (Lipinski definition) is 6. The third-order valence-corrected chi connectivity index (χ3v) is 4.63. The SMILES string of the molecule is COc1ccccc1-c1cc(CNCc2ccc3c(c2)COC(C)(C)O3)on1. The minimum Gasteiger partial charge on any atom is -0.496 e. The summed E-state index contributed by atoms with van der Waals surface area (Å²) in [6.07, 6.45) is 0. The number of nitrogens with zero attached hydrogens (tertiary/aromatic N) is 1. The number of hydrogen-bond donors (Lipinski definition) is 1. The van der Waals surface area contributed by atoms with E-state index in [-0.39, 0.29) is 0 Å². The molecule has 0 unspecified atom stereocenters. The van der Waals surface area contributed by atoms with Gasteiger partial charge in [0, 0.05) is 37.6 Å². The summed E-state index contributed by atoms with van der Waals surface area (Å²) in [5, 5.41) is 7.55. The van der Waals surface area contributed by atoms with E-state index in [1.807, 2.05) is 50.2 Å². The highest BCUT2D eigenvalue weighted by Gasteiger charge is 2.27. The fraction of sp³-hybridized carbons (Fsp3) is 0.318. The quantitative estimate of drug-likeness (QED) is 0.688. The number of ether oxygens (including phenoxy) is 3. The van der Waals surface area contributed by atoms with E-state index < -0.39 is 5.79 Å². The molecule has 0 bridgehead atoms. The topological polar surface area (TPSA) is 65.8 Å². The van der Waals surface area contributed by atoms with Crippen LogP contribution in [0.3, 0.4) is 0 Å². The average molecular weight is 380 g/mol. The van der Waals surface area contributed by atoms with E-state index in [0.29, 0.717) is 19.7 Å². The number of aromatic nitrogens is 1. The summed E-state index contributed by atoms with van der Waals surface area (Å²) >= 11 is 0. The standard InChI is InChI=1S/C22H24N2O4/c1-22(2)26-14-16-10-15(8-9-20(16)27-22)12-23-13-17-11-19(24-28-17)18-6-4-5-7-21(18)25-3/h4-11,23H,12-14H2,1-3H3. The third-order valence-electron chi connectivity index (χ3n) is 4.63. The van der Waals surface area contributed by atoms with Gasteiger partial charge in [-0.05, 0) is 29.8 Å². The molecule has 0 spiro atoms. The lowest BCUT2D eigenvalue weighted by Crippen LogP contribution is -2.35. The van der Waals surface area contributed by atoms with E-state index >= 15 is 0 Å². The van der Waals surface area contributed by atoms with Gasteiger partial charge in [0.05, 0.1) is 20.3 Å². The van der Waals surface area contributed by atoms with Crippen molar-refractivity contribution in [3.63, 3.8) is 0 Å². The molecule has 2 heterocycles. The van der Waals surface area contributed by atoms with Gasteiger partial charge in [-0.1, -0.05) is 23.4 Å². The molecule has 0 aliphatic carbocycles. The Morgan fingerprint density at radius 3 is 2.82 bits per heavy atom. The summed E-state index contributed by atoms with van der Waals surface area (Å²) in [5.41, 5.74) is 3.91. The van der Waals surface area contributed by atoms with E-state index in [1.54, 1.807) is 7.11 Å². The van der Waals surface area contributed by atoms with Crippen molar-refractivity contribution in [3.8, 4) is 22.8 Å². The first kappa shape index (κ1) is 18.5. The average Bonchev–Trinajstić information content (AvgIpc) is 3.16. The van der Waals surface area contributed by atoms with Crippen LogP contribution in [-0.2, 0) is 24.4 Å². The second-order valence-corrected chi connectivity index (χ2v) is 7.21. The highest BCUT2D eigenvalue weighted by molar-refractivity contribution is 5.66. The molecule has 28 heavy (non-hydrogen) atoms. The van der Waals surface area contributed by atoms with Gasteiger partial charge in [0.1, 0.15) is 17.2 Å². The molecule has 1 aromatic heterocycles. The fourth-order valence-electron chi connectivity index (χ4n) is 3.21. The number of methoxy groups -OCH3 is 1. The van der Waals surface area contributed by atoms with Crippen LogP contribution >= 0.6 is 0 Å². The zero-order valence-electron chi connectivity index (χ0n) is 16.3. The minimum absolute atomic E-state index is 0.556. The zero-order chi connectivity index (χ0) is 19.6. The predicted octanol–water partition coefficient (Wildman–Crippen LogP) is 4.29.